The minimum absolute atomic E-state index is 0.169. The lowest BCUT2D eigenvalue weighted by Gasteiger charge is -2.14. The third kappa shape index (κ3) is 3.25. The second-order valence-corrected chi connectivity index (χ2v) is 4.18. The van der Waals surface area contributed by atoms with Gasteiger partial charge in [-0.15, -0.1) is 0 Å². The summed E-state index contributed by atoms with van der Waals surface area (Å²) in [5, 5.41) is 9.59. The fraction of sp³-hybridized carbons (Fsp3) is 0.333. The van der Waals surface area contributed by atoms with Crippen molar-refractivity contribution in [2.45, 2.75) is 6.42 Å². The molecule has 1 aromatic rings. The van der Waals surface area contributed by atoms with E-state index in [1.54, 1.807) is 26.2 Å². The van der Waals surface area contributed by atoms with Crippen LogP contribution in [0.1, 0.15) is 5.56 Å². The smallest absolute Gasteiger partial charge is 0.239 e. The summed E-state index contributed by atoms with van der Waals surface area (Å²) in [6.45, 7) is 0. The summed E-state index contributed by atoms with van der Waals surface area (Å²) in [7, 11) is 3.29. The summed E-state index contributed by atoms with van der Waals surface area (Å²) in [5.74, 6) is -0.798. The first-order valence-corrected chi connectivity index (χ1v) is 5.27. The van der Waals surface area contributed by atoms with Crippen molar-refractivity contribution < 1.29 is 4.79 Å². The Morgan fingerprint density at radius 3 is 2.44 bits per heavy atom. The molecule has 0 saturated carbocycles. The Morgan fingerprint density at radius 1 is 1.44 bits per heavy atom. The summed E-state index contributed by atoms with van der Waals surface area (Å²) in [6.07, 6.45) is 0.421. The van der Waals surface area contributed by atoms with Crippen LogP contribution in [0.15, 0.2) is 24.3 Å². The molecule has 16 heavy (non-hydrogen) atoms. The number of hydrogen-bond acceptors (Lipinski definition) is 2. The Bertz CT molecular complexity index is 406. The lowest BCUT2D eigenvalue weighted by atomic mass is 9.99. The molecule has 0 aliphatic carbocycles. The number of nitriles is 1. The van der Waals surface area contributed by atoms with Crippen LogP contribution >= 0.6 is 11.6 Å². The van der Waals surface area contributed by atoms with Gasteiger partial charge in [-0.25, -0.2) is 0 Å². The number of halogens is 1. The fourth-order valence-corrected chi connectivity index (χ4v) is 1.48. The van der Waals surface area contributed by atoms with E-state index in [9.17, 15) is 4.79 Å². The largest absolute Gasteiger partial charge is 0.348 e. The van der Waals surface area contributed by atoms with Gasteiger partial charge in [-0.3, -0.25) is 4.79 Å². The number of benzene rings is 1. The van der Waals surface area contributed by atoms with E-state index in [1.165, 1.54) is 4.90 Å². The molecule has 1 amide bonds. The molecule has 0 bridgehead atoms. The van der Waals surface area contributed by atoms with E-state index in [0.29, 0.717) is 11.4 Å². The van der Waals surface area contributed by atoms with Crippen LogP contribution in [0.2, 0.25) is 5.02 Å². The highest BCUT2D eigenvalue weighted by molar-refractivity contribution is 6.30. The summed E-state index contributed by atoms with van der Waals surface area (Å²) < 4.78 is 0. The molecular weight excluding hydrogens is 224 g/mol. The van der Waals surface area contributed by atoms with Crippen LogP contribution in [0, 0.1) is 17.2 Å². The maximum Gasteiger partial charge on any atom is 0.239 e. The Morgan fingerprint density at radius 2 is 2.00 bits per heavy atom. The van der Waals surface area contributed by atoms with Crippen molar-refractivity contribution in [3.63, 3.8) is 0 Å². The van der Waals surface area contributed by atoms with E-state index in [4.69, 9.17) is 16.9 Å². The Labute approximate surface area is 100 Å². The van der Waals surface area contributed by atoms with Gasteiger partial charge in [-0.2, -0.15) is 5.26 Å². The predicted octanol–water partition coefficient (Wildman–Crippen LogP) is 2.11. The van der Waals surface area contributed by atoms with E-state index >= 15 is 0 Å². The van der Waals surface area contributed by atoms with Gasteiger partial charge in [0.15, 0.2) is 0 Å². The van der Waals surface area contributed by atoms with Gasteiger partial charge in [0.05, 0.1) is 6.07 Å². The third-order valence-corrected chi connectivity index (χ3v) is 2.50. The van der Waals surface area contributed by atoms with Crippen LogP contribution in [0.3, 0.4) is 0 Å². The number of amides is 1. The first-order chi connectivity index (χ1) is 7.54. The molecule has 0 spiro atoms. The Balaban J connectivity index is 2.75. The fourth-order valence-electron chi connectivity index (χ4n) is 1.36. The van der Waals surface area contributed by atoms with Crippen molar-refractivity contribution in [1.82, 2.24) is 4.90 Å². The molecule has 0 radical (unpaired) electrons. The second kappa shape index (κ2) is 5.53. The van der Waals surface area contributed by atoms with Gasteiger partial charge in [-0.05, 0) is 24.1 Å². The van der Waals surface area contributed by atoms with E-state index in [2.05, 4.69) is 0 Å². The van der Waals surface area contributed by atoms with Gasteiger partial charge < -0.3 is 4.90 Å². The molecule has 1 rings (SSSR count). The molecule has 84 valence electrons. The van der Waals surface area contributed by atoms with Crippen molar-refractivity contribution >= 4 is 17.5 Å². The van der Waals surface area contributed by atoms with E-state index in [1.807, 2.05) is 18.2 Å². The molecule has 0 aliphatic heterocycles. The number of hydrogen-bond donors (Lipinski definition) is 0. The SMILES string of the molecule is CN(C)C(=O)C(C#N)Cc1ccc(Cl)cc1. The molecular formula is C12H13ClN2O. The first-order valence-electron chi connectivity index (χ1n) is 4.90. The Hall–Kier alpha value is -1.53. The zero-order chi connectivity index (χ0) is 12.1. The summed E-state index contributed by atoms with van der Waals surface area (Å²) in [4.78, 5) is 13.1. The van der Waals surface area contributed by atoms with Gasteiger partial charge >= 0.3 is 0 Å². The highest BCUT2D eigenvalue weighted by Gasteiger charge is 2.19. The molecule has 0 N–H and O–H groups in total. The molecule has 0 aromatic heterocycles. The highest BCUT2D eigenvalue weighted by atomic mass is 35.5. The summed E-state index contributed by atoms with van der Waals surface area (Å²) in [6, 6.07) is 9.19. The van der Waals surface area contributed by atoms with Crippen LogP contribution in [-0.4, -0.2) is 24.9 Å². The second-order valence-electron chi connectivity index (χ2n) is 3.74. The van der Waals surface area contributed by atoms with E-state index < -0.39 is 5.92 Å². The normalized spacial score (nSPS) is 11.6. The zero-order valence-corrected chi connectivity index (χ0v) is 10.0. The van der Waals surface area contributed by atoms with Crippen LogP contribution in [0.5, 0.6) is 0 Å². The molecule has 3 nitrogen and oxygen atoms in total. The van der Waals surface area contributed by atoms with Gasteiger partial charge in [0.2, 0.25) is 5.91 Å². The lowest BCUT2D eigenvalue weighted by Crippen LogP contribution is -2.30. The van der Waals surface area contributed by atoms with Gasteiger partial charge in [-0.1, -0.05) is 23.7 Å². The third-order valence-electron chi connectivity index (χ3n) is 2.25. The first kappa shape index (κ1) is 12.5. The number of carbonyl (C=O) groups is 1. The van der Waals surface area contributed by atoms with Crippen molar-refractivity contribution in [2.75, 3.05) is 14.1 Å². The number of carbonyl (C=O) groups excluding carboxylic acids is 1. The maximum absolute atomic E-state index is 11.6. The predicted molar refractivity (Wildman–Crippen MR) is 63.0 cm³/mol. The number of nitrogens with zero attached hydrogens (tertiary/aromatic N) is 2. The van der Waals surface area contributed by atoms with Crippen molar-refractivity contribution in [2.24, 2.45) is 5.92 Å². The number of rotatable bonds is 3. The summed E-state index contributed by atoms with van der Waals surface area (Å²) >= 11 is 5.75. The van der Waals surface area contributed by atoms with Crippen molar-refractivity contribution in [1.29, 1.82) is 5.26 Å². The minimum Gasteiger partial charge on any atom is -0.348 e. The molecule has 0 aliphatic rings. The summed E-state index contributed by atoms with van der Waals surface area (Å²) in [5.41, 5.74) is 0.936. The van der Waals surface area contributed by atoms with Crippen LogP contribution < -0.4 is 0 Å². The highest BCUT2D eigenvalue weighted by Crippen LogP contribution is 2.14. The van der Waals surface area contributed by atoms with Crippen LogP contribution in [0.4, 0.5) is 0 Å². The maximum atomic E-state index is 11.6. The van der Waals surface area contributed by atoms with E-state index in [-0.39, 0.29) is 5.91 Å². The topological polar surface area (TPSA) is 44.1 Å². The molecule has 0 fully saturated rings. The Kier molecular flexibility index (Phi) is 4.33. The van der Waals surface area contributed by atoms with Gasteiger partial charge in [0.1, 0.15) is 5.92 Å². The molecule has 1 atom stereocenters. The monoisotopic (exact) mass is 236 g/mol. The van der Waals surface area contributed by atoms with Crippen LogP contribution in [0.25, 0.3) is 0 Å². The van der Waals surface area contributed by atoms with Crippen molar-refractivity contribution in [3.8, 4) is 6.07 Å². The van der Waals surface area contributed by atoms with Gasteiger partial charge in [0, 0.05) is 19.1 Å². The lowest BCUT2D eigenvalue weighted by molar-refractivity contribution is -0.131. The average molecular weight is 237 g/mol. The molecule has 1 aromatic carbocycles. The zero-order valence-electron chi connectivity index (χ0n) is 9.27. The average Bonchev–Trinajstić information content (AvgIpc) is 2.27. The molecule has 1 unspecified atom stereocenters. The van der Waals surface area contributed by atoms with Crippen molar-refractivity contribution in [3.05, 3.63) is 34.9 Å². The van der Waals surface area contributed by atoms with Gasteiger partial charge in [0.25, 0.3) is 0 Å². The molecule has 0 heterocycles. The molecule has 0 saturated heterocycles. The van der Waals surface area contributed by atoms with Crippen LogP contribution in [-0.2, 0) is 11.2 Å². The minimum atomic E-state index is -0.629. The standard InChI is InChI=1S/C12H13ClN2O/c1-15(2)12(16)10(8-14)7-9-3-5-11(13)6-4-9/h3-6,10H,7H2,1-2H3. The van der Waals surface area contributed by atoms with E-state index in [0.717, 1.165) is 5.56 Å². The quantitative estimate of drug-likeness (QED) is 0.807. The molecule has 4 heteroatoms.